The van der Waals surface area contributed by atoms with Gasteiger partial charge in [-0.25, -0.2) is 8.42 Å². The predicted octanol–water partition coefficient (Wildman–Crippen LogP) is 2.90. The summed E-state index contributed by atoms with van der Waals surface area (Å²) in [5.74, 6) is 0.578. The summed E-state index contributed by atoms with van der Waals surface area (Å²) < 4.78 is 28.3. The van der Waals surface area contributed by atoms with Crippen LogP contribution in [-0.2, 0) is 22.1 Å². The van der Waals surface area contributed by atoms with Crippen molar-refractivity contribution in [1.29, 1.82) is 0 Å². The predicted molar refractivity (Wildman–Crippen MR) is 98.4 cm³/mol. The number of carbonyl (C=O) groups is 1. The molecule has 1 amide bonds. The molecule has 0 unspecified atom stereocenters. The third-order valence-corrected chi connectivity index (χ3v) is 4.46. The smallest absolute Gasteiger partial charge is 0.253 e. The molecule has 5 nitrogen and oxygen atoms in total. The molecule has 2 rings (SSSR count). The summed E-state index contributed by atoms with van der Waals surface area (Å²) >= 11 is 0. The lowest BCUT2D eigenvalue weighted by Crippen LogP contribution is -2.26. The molecule has 25 heavy (non-hydrogen) atoms. The fourth-order valence-electron chi connectivity index (χ4n) is 2.52. The molecule has 0 fully saturated rings. The highest BCUT2D eigenvalue weighted by atomic mass is 32.2. The van der Waals surface area contributed by atoms with E-state index in [4.69, 9.17) is 4.74 Å². The molecular weight excluding hydrogens is 338 g/mol. The normalized spacial score (nSPS) is 11.2. The quantitative estimate of drug-likeness (QED) is 0.761. The molecule has 6 heteroatoms. The summed E-state index contributed by atoms with van der Waals surface area (Å²) in [6.07, 6.45) is 1.18. The van der Waals surface area contributed by atoms with Gasteiger partial charge in [0.2, 0.25) is 0 Å². The van der Waals surface area contributed by atoms with Crippen LogP contribution in [0.5, 0.6) is 5.75 Å². The van der Waals surface area contributed by atoms with Gasteiger partial charge in [-0.05, 0) is 42.3 Å². The van der Waals surface area contributed by atoms with Crippen molar-refractivity contribution in [3.05, 3.63) is 65.2 Å². The number of carbonyl (C=O) groups excluding carboxylic acids is 1. The van der Waals surface area contributed by atoms with E-state index in [2.05, 4.69) is 0 Å². The Hall–Kier alpha value is -2.34. The Morgan fingerprint density at radius 3 is 2.36 bits per heavy atom. The number of hydrogen-bond acceptors (Lipinski definition) is 4. The molecule has 0 saturated heterocycles. The lowest BCUT2D eigenvalue weighted by atomic mass is 10.1. The second-order valence-corrected chi connectivity index (χ2v) is 8.15. The van der Waals surface area contributed by atoms with Gasteiger partial charge in [0.1, 0.15) is 5.75 Å². The summed E-state index contributed by atoms with van der Waals surface area (Å²) in [6.45, 7) is 3.00. The van der Waals surface area contributed by atoms with Crippen molar-refractivity contribution in [3.63, 3.8) is 0 Å². The van der Waals surface area contributed by atoms with Crippen LogP contribution < -0.4 is 4.74 Å². The zero-order chi connectivity index (χ0) is 18.4. The van der Waals surface area contributed by atoms with Gasteiger partial charge in [0, 0.05) is 25.4 Å². The number of sulfone groups is 1. The van der Waals surface area contributed by atoms with Crippen molar-refractivity contribution in [3.8, 4) is 5.75 Å². The van der Waals surface area contributed by atoms with Crippen molar-refractivity contribution in [2.24, 2.45) is 0 Å². The molecule has 2 aromatic carbocycles. The first kappa shape index (κ1) is 19.0. The zero-order valence-corrected chi connectivity index (χ0v) is 15.5. The topological polar surface area (TPSA) is 63.7 Å². The highest BCUT2D eigenvalue weighted by Gasteiger charge is 2.14. The highest BCUT2D eigenvalue weighted by molar-refractivity contribution is 7.89. The fourth-order valence-corrected chi connectivity index (χ4v) is 3.31. The minimum absolute atomic E-state index is 0.0727. The van der Waals surface area contributed by atoms with Crippen molar-refractivity contribution in [2.75, 3.05) is 19.9 Å². The average molecular weight is 361 g/mol. The van der Waals surface area contributed by atoms with Gasteiger partial charge in [-0.2, -0.15) is 0 Å². The number of amides is 1. The average Bonchev–Trinajstić information content (AvgIpc) is 2.55. The van der Waals surface area contributed by atoms with Crippen molar-refractivity contribution in [1.82, 2.24) is 4.90 Å². The van der Waals surface area contributed by atoms with Crippen LogP contribution in [0.4, 0.5) is 0 Å². The number of hydrogen-bond donors (Lipinski definition) is 0. The highest BCUT2D eigenvalue weighted by Crippen LogP contribution is 2.15. The first-order valence-electron chi connectivity index (χ1n) is 8.02. The first-order valence-corrected chi connectivity index (χ1v) is 10.1. The van der Waals surface area contributed by atoms with Gasteiger partial charge in [-0.15, -0.1) is 0 Å². The summed E-state index contributed by atoms with van der Waals surface area (Å²) in [4.78, 5) is 14.2. The molecule has 2 aromatic rings. The molecule has 0 heterocycles. The van der Waals surface area contributed by atoms with E-state index in [-0.39, 0.29) is 11.7 Å². The zero-order valence-electron chi connectivity index (χ0n) is 14.7. The van der Waals surface area contributed by atoms with Crippen LogP contribution in [0.1, 0.15) is 28.4 Å². The van der Waals surface area contributed by atoms with Gasteiger partial charge < -0.3 is 9.64 Å². The molecule has 0 aromatic heterocycles. The summed E-state index contributed by atoms with van der Waals surface area (Å²) in [5.41, 5.74) is 2.09. The Morgan fingerprint density at radius 2 is 1.76 bits per heavy atom. The van der Waals surface area contributed by atoms with Gasteiger partial charge in [0.05, 0.1) is 12.4 Å². The van der Waals surface area contributed by atoms with E-state index < -0.39 is 9.84 Å². The Morgan fingerprint density at radius 1 is 1.08 bits per heavy atom. The molecule has 0 N–H and O–H groups in total. The Kier molecular flexibility index (Phi) is 6.20. The number of ether oxygens (including phenoxy) is 1. The van der Waals surface area contributed by atoms with Crippen molar-refractivity contribution in [2.45, 2.75) is 19.2 Å². The lowest BCUT2D eigenvalue weighted by Gasteiger charge is -2.18. The van der Waals surface area contributed by atoms with Crippen LogP contribution in [0.25, 0.3) is 0 Å². The molecule has 0 spiro atoms. The largest absolute Gasteiger partial charge is 0.494 e. The molecule has 0 bridgehead atoms. The Labute approximate surface area is 149 Å². The summed E-state index contributed by atoms with van der Waals surface area (Å²) in [7, 11) is -1.41. The maximum absolute atomic E-state index is 12.6. The van der Waals surface area contributed by atoms with E-state index in [1.165, 1.54) is 6.26 Å². The van der Waals surface area contributed by atoms with E-state index in [0.29, 0.717) is 24.3 Å². The second kappa shape index (κ2) is 8.16. The van der Waals surface area contributed by atoms with Crippen LogP contribution in [0, 0.1) is 0 Å². The molecule has 0 aliphatic heterocycles. The number of nitrogens with zero attached hydrogens (tertiary/aromatic N) is 1. The minimum atomic E-state index is -3.13. The molecular formula is C19H23NO4S. The van der Waals surface area contributed by atoms with E-state index >= 15 is 0 Å². The van der Waals surface area contributed by atoms with E-state index in [0.717, 1.165) is 11.3 Å². The second-order valence-electron chi connectivity index (χ2n) is 6.01. The summed E-state index contributed by atoms with van der Waals surface area (Å²) in [5, 5.41) is 0. The van der Waals surface area contributed by atoms with Crippen molar-refractivity contribution < 1.29 is 17.9 Å². The molecule has 0 aliphatic carbocycles. The fraction of sp³-hybridized carbons (Fsp3) is 0.316. The third kappa shape index (κ3) is 5.90. The van der Waals surface area contributed by atoms with Crippen LogP contribution in [-0.4, -0.2) is 39.1 Å². The minimum Gasteiger partial charge on any atom is -0.494 e. The lowest BCUT2D eigenvalue weighted by molar-refractivity contribution is 0.0785. The maximum Gasteiger partial charge on any atom is 0.253 e. The molecule has 0 atom stereocenters. The summed E-state index contributed by atoms with van der Waals surface area (Å²) in [6, 6.07) is 14.4. The van der Waals surface area contributed by atoms with Gasteiger partial charge in [-0.1, -0.05) is 24.3 Å². The van der Waals surface area contributed by atoms with Gasteiger partial charge in [0.25, 0.3) is 5.91 Å². The van der Waals surface area contributed by atoms with Gasteiger partial charge in [-0.3, -0.25) is 4.79 Å². The third-order valence-electron chi connectivity index (χ3n) is 3.60. The first-order chi connectivity index (χ1) is 11.8. The molecule has 0 saturated carbocycles. The standard InChI is InChI=1S/C19H23NO4S/c1-4-24-18-10-8-15(9-11-18)13-20(2)19(21)17-7-5-6-16(12-17)14-25(3,22)23/h5-12H,4,13-14H2,1-3H3. The van der Waals surface area contributed by atoms with E-state index in [9.17, 15) is 13.2 Å². The monoisotopic (exact) mass is 361 g/mol. The van der Waals surface area contributed by atoms with E-state index in [1.54, 1.807) is 36.2 Å². The number of benzene rings is 2. The van der Waals surface area contributed by atoms with E-state index in [1.807, 2.05) is 31.2 Å². The Bertz CT molecular complexity index is 829. The maximum atomic E-state index is 12.6. The van der Waals surface area contributed by atoms with Crippen LogP contribution in [0.3, 0.4) is 0 Å². The Balaban J connectivity index is 2.07. The molecule has 0 radical (unpaired) electrons. The number of rotatable bonds is 7. The molecule has 134 valence electrons. The SMILES string of the molecule is CCOc1ccc(CN(C)C(=O)c2cccc(CS(C)(=O)=O)c2)cc1. The van der Waals surface area contributed by atoms with Gasteiger partial charge in [0.15, 0.2) is 9.84 Å². The van der Waals surface area contributed by atoms with Crippen LogP contribution in [0.15, 0.2) is 48.5 Å². The molecule has 0 aliphatic rings. The van der Waals surface area contributed by atoms with Crippen LogP contribution in [0.2, 0.25) is 0 Å². The van der Waals surface area contributed by atoms with Crippen LogP contribution >= 0.6 is 0 Å². The van der Waals surface area contributed by atoms with Gasteiger partial charge >= 0.3 is 0 Å². The van der Waals surface area contributed by atoms with Crippen molar-refractivity contribution >= 4 is 15.7 Å².